The maximum absolute atomic E-state index is 12.4. The van der Waals surface area contributed by atoms with Crippen LogP contribution in [0, 0.1) is 0 Å². The highest BCUT2D eigenvalue weighted by atomic mass is 32.1. The Bertz CT molecular complexity index is 928. The lowest BCUT2D eigenvalue weighted by molar-refractivity contribution is -0.217. The molecule has 0 aromatic heterocycles. The molecule has 1 aliphatic carbocycles. The van der Waals surface area contributed by atoms with Gasteiger partial charge >= 0.3 is 18.5 Å². The topological polar surface area (TPSA) is 111 Å². The van der Waals surface area contributed by atoms with Gasteiger partial charge in [-0.25, -0.2) is 10.1 Å². The van der Waals surface area contributed by atoms with Crippen molar-refractivity contribution >= 4 is 31.2 Å². The molecule has 2 aromatic carbocycles. The monoisotopic (exact) mass is 489 g/mol. The molecule has 8 nitrogen and oxygen atoms in total. The fourth-order valence-corrected chi connectivity index (χ4v) is 3.97. The van der Waals surface area contributed by atoms with E-state index in [0.717, 1.165) is 0 Å². The van der Waals surface area contributed by atoms with Crippen LogP contribution >= 0.6 is 12.6 Å². The van der Waals surface area contributed by atoms with Crippen LogP contribution in [-0.2, 0) is 24.0 Å². The third-order valence-corrected chi connectivity index (χ3v) is 5.49. The van der Waals surface area contributed by atoms with Crippen LogP contribution in [0.5, 0.6) is 0 Å². The smallest absolute Gasteiger partial charge is 0.407 e. The molecule has 184 valence electrons. The molecule has 0 aliphatic heterocycles. The Hall–Kier alpha value is -3.04. The first-order valence-corrected chi connectivity index (χ1v) is 11.5. The average molecular weight is 490 g/mol. The van der Waals surface area contributed by atoms with E-state index in [9.17, 15) is 9.59 Å². The van der Waals surface area contributed by atoms with E-state index in [1.807, 2.05) is 45.0 Å². The number of carbonyl (C=O) groups excluding carboxylic acids is 3. The SMILES string of the molecule is CC(C)(C)OC(=O)CCC(CS)NC(=O)OCC1c2ccccc2-c2ccccc21.O=COO. The first-order valence-electron chi connectivity index (χ1n) is 10.9. The Kier molecular flexibility index (Phi) is 10.4. The lowest BCUT2D eigenvalue weighted by atomic mass is 9.98. The van der Waals surface area contributed by atoms with Gasteiger partial charge in [0, 0.05) is 24.1 Å². The highest BCUT2D eigenvalue weighted by Gasteiger charge is 2.29. The fourth-order valence-electron chi connectivity index (χ4n) is 3.70. The summed E-state index contributed by atoms with van der Waals surface area (Å²) >= 11 is 4.29. The number of carbonyl (C=O) groups is 3. The molecular weight excluding hydrogens is 458 g/mol. The molecule has 1 atom stereocenters. The number of amides is 1. The molecule has 0 saturated heterocycles. The Balaban J connectivity index is 0.000000945. The lowest BCUT2D eigenvalue weighted by Gasteiger charge is -2.21. The standard InChI is InChI=1S/C24H29NO4S.CH2O3/c1-24(2,3)29-22(26)13-12-16(15-30)25-23(27)28-14-21-19-10-6-4-8-17(19)18-9-5-7-11-20(18)21;2-1-4-3/h4-11,16,21,30H,12-15H2,1-3H3,(H,25,27);1,3H. The highest BCUT2D eigenvalue weighted by Crippen LogP contribution is 2.44. The summed E-state index contributed by atoms with van der Waals surface area (Å²) in [6, 6.07) is 16.1. The minimum Gasteiger partial charge on any atom is -0.460 e. The van der Waals surface area contributed by atoms with E-state index in [4.69, 9.17) is 19.5 Å². The molecule has 34 heavy (non-hydrogen) atoms. The zero-order chi connectivity index (χ0) is 25.1. The van der Waals surface area contributed by atoms with Crippen molar-refractivity contribution in [2.75, 3.05) is 12.4 Å². The van der Waals surface area contributed by atoms with Crippen LogP contribution in [0.25, 0.3) is 11.1 Å². The van der Waals surface area contributed by atoms with E-state index in [1.54, 1.807) is 0 Å². The summed E-state index contributed by atoms with van der Waals surface area (Å²) in [6.07, 6.45) is 0.162. The number of hydrogen-bond donors (Lipinski definition) is 3. The highest BCUT2D eigenvalue weighted by molar-refractivity contribution is 7.80. The number of esters is 1. The van der Waals surface area contributed by atoms with Gasteiger partial charge in [-0.2, -0.15) is 12.6 Å². The molecule has 2 N–H and O–H groups in total. The molecule has 2 aromatic rings. The second kappa shape index (κ2) is 13.0. The second-order valence-corrected chi connectivity index (χ2v) is 9.04. The van der Waals surface area contributed by atoms with Gasteiger partial charge in [-0.15, -0.1) is 0 Å². The number of hydrogen-bond acceptors (Lipinski definition) is 8. The van der Waals surface area contributed by atoms with Crippen molar-refractivity contribution in [3.63, 3.8) is 0 Å². The summed E-state index contributed by atoms with van der Waals surface area (Å²) in [4.78, 5) is 35.9. The molecule has 0 heterocycles. The maximum Gasteiger partial charge on any atom is 0.407 e. The molecular formula is C25H31NO7S. The van der Waals surface area contributed by atoms with Gasteiger partial charge in [0.2, 0.25) is 0 Å². The van der Waals surface area contributed by atoms with Crippen molar-refractivity contribution in [2.45, 2.75) is 51.2 Å². The van der Waals surface area contributed by atoms with Crippen molar-refractivity contribution in [2.24, 2.45) is 0 Å². The van der Waals surface area contributed by atoms with E-state index in [0.29, 0.717) is 12.2 Å². The summed E-state index contributed by atoms with van der Waals surface area (Å²) in [7, 11) is 0. The fraction of sp³-hybridized carbons (Fsp3) is 0.400. The Morgan fingerprint density at radius 1 is 1.09 bits per heavy atom. The van der Waals surface area contributed by atoms with Gasteiger partial charge in [0.1, 0.15) is 12.2 Å². The number of rotatable bonds is 8. The van der Waals surface area contributed by atoms with Gasteiger partial charge < -0.3 is 19.7 Å². The molecule has 0 radical (unpaired) electrons. The summed E-state index contributed by atoms with van der Waals surface area (Å²) in [5.74, 6) is 0.135. The summed E-state index contributed by atoms with van der Waals surface area (Å²) < 4.78 is 10.9. The van der Waals surface area contributed by atoms with E-state index >= 15 is 0 Å². The zero-order valence-electron chi connectivity index (χ0n) is 19.5. The van der Waals surface area contributed by atoms with Crippen LogP contribution in [0.15, 0.2) is 48.5 Å². The molecule has 1 unspecified atom stereocenters. The number of ether oxygens (including phenoxy) is 2. The minimum absolute atomic E-state index is 0.0133. The minimum atomic E-state index is -0.520. The quantitative estimate of drug-likeness (QED) is 0.124. The van der Waals surface area contributed by atoms with E-state index in [2.05, 4.69) is 47.1 Å². The van der Waals surface area contributed by atoms with Crippen molar-refractivity contribution in [3.05, 3.63) is 59.7 Å². The van der Waals surface area contributed by atoms with Crippen LogP contribution < -0.4 is 5.32 Å². The third-order valence-electron chi connectivity index (χ3n) is 5.05. The first kappa shape index (κ1) is 27.2. The Morgan fingerprint density at radius 2 is 1.62 bits per heavy atom. The van der Waals surface area contributed by atoms with Gasteiger partial charge in [-0.3, -0.25) is 9.59 Å². The summed E-state index contributed by atoms with van der Waals surface area (Å²) in [5.41, 5.74) is 4.19. The lowest BCUT2D eigenvalue weighted by Crippen LogP contribution is -2.38. The average Bonchev–Trinajstić information content (AvgIpc) is 3.13. The van der Waals surface area contributed by atoms with Crippen LogP contribution in [0.2, 0.25) is 0 Å². The van der Waals surface area contributed by atoms with Crippen molar-refractivity contribution in [3.8, 4) is 11.1 Å². The van der Waals surface area contributed by atoms with Crippen LogP contribution in [0.1, 0.15) is 50.7 Å². The number of fused-ring (bicyclic) bond motifs is 3. The Morgan fingerprint density at radius 3 is 2.09 bits per heavy atom. The summed E-state index contributed by atoms with van der Waals surface area (Å²) in [6.45, 7) is 5.67. The van der Waals surface area contributed by atoms with Gasteiger partial charge in [-0.1, -0.05) is 48.5 Å². The van der Waals surface area contributed by atoms with Crippen LogP contribution in [0.4, 0.5) is 4.79 Å². The van der Waals surface area contributed by atoms with Gasteiger partial charge in [-0.05, 0) is 49.4 Å². The van der Waals surface area contributed by atoms with E-state index in [-0.39, 0.29) is 37.4 Å². The van der Waals surface area contributed by atoms with Gasteiger partial charge in [0.05, 0.1) is 0 Å². The molecule has 0 bridgehead atoms. The first-order chi connectivity index (χ1) is 16.2. The predicted octanol–water partition coefficient (Wildman–Crippen LogP) is 4.58. The second-order valence-electron chi connectivity index (χ2n) is 8.68. The molecule has 0 fully saturated rings. The maximum atomic E-state index is 12.4. The number of nitrogens with one attached hydrogen (secondary N) is 1. The van der Waals surface area contributed by atoms with Crippen molar-refractivity contribution in [1.82, 2.24) is 5.32 Å². The number of benzene rings is 2. The van der Waals surface area contributed by atoms with Crippen molar-refractivity contribution < 1.29 is 34.0 Å². The van der Waals surface area contributed by atoms with Gasteiger partial charge in [0.15, 0.2) is 0 Å². The summed E-state index contributed by atoms with van der Waals surface area (Å²) in [5, 5.41) is 9.82. The molecule has 1 aliphatic rings. The van der Waals surface area contributed by atoms with E-state index in [1.165, 1.54) is 22.3 Å². The third kappa shape index (κ3) is 8.07. The molecule has 1 amide bonds. The molecule has 0 spiro atoms. The predicted molar refractivity (Wildman–Crippen MR) is 131 cm³/mol. The van der Waals surface area contributed by atoms with Gasteiger partial charge in [0.25, 0.3) is 0 Å². The Labute approximate surface area is 204 Å². The number of alkyl carbamates (subject to hydrolysis) is 1. The van der Waals surface area contributed by atoms with E-state index < -0.39 is 11.7 Å². The normalized spacial score (nSPS) is 12.9. The molecule has 0 saturated carbocycles. The zero-order valence-corrected chi connectivity index (χ0v) is 20.4. The molecule has 9 heteroatoms. The largest absolute Gasteiger partial charge is 0.460 e. The number of thiol groups is 1. The molecule has 3 rings (SSSR count). The van der Waals surface area contributed by atoms with Crippen LogP contribution in [-0.4, -0.2) is 47.8 Å². The van der Waals surface area contributed by atoms with Crippen LogP contribution in [0.3, 0.4) is 0 Å². The van der Waals surface area contributed by atoms with Crippen molar-refractivity contribution in [1.29, 1.82) is 0 Å².